The summed E-state index contributed by atoms with van der Waals surface area (Å²) >= 11 is 0. The summed E-state index contributed by atoms with van der Waals surface area (Å²) in [4.78, 5) is 18.0. The van der Waals surface area contributed by atoms with Crippen LogP contribution in [0.5, 0.6) is 0 Å². The number of aromatic amines is 1. The Morgan fingerprint density at radius 3 is 3.00 bits per heavy atom. The number of carbonyl (C=O) groups is 1. The Morgan fingerprint density at radius 1 is 1.47 bits per heavy atom. The predicted molar refractivity (Wildman–Crippen MR) is 61.6 cm³/mol. The summed E-state index contributed by atoms with van der Waals surface area (Å²) in [6.07, 6.45) is 1.67. The quantitative estimate of drug-likeness (QED) is 0.609. The molecule has 1 atom stereocenters. The van der Waals surface area contributed by atoms with Crippen molar-refractivity contribution in [2.75, 3.05) is 0 Å². The van der Waals surface area contributed by atoms with Crippen LogP contribution in [0.1, 0.15) is 11.7 Å². The number of hydrogen-bond donors (Lipinski definition) is 3. The highest BCUT2D eigenvalue weighted by Crippen LogP contribution is 2.18. The Labute approximate surface area is 95.7 Å². The highest BCUT2D eigenvalue weighted by atomic mass is 16.4. The first kappa shape index (κ1) is 9.86. The number of imidazole rings is 2. The number of benzene rings is 1. The van der Waals surface area contributed by atoms with Gasteiger partial charge in [0.25, 0.3) is 0 Å². The fraction of sp³-hybridized carbons (Fsp3) is 0.0909. The van der Waals surface area contributed by atoms with Gasteiger partial charge in [-0.15, -0.1) is 0 Å². The number of para-hydroxylation sites is 2. The molecule has 1 unspecified atom stereocenters. The molecule has 6 heteroatoms. The molecule has 0 radical (unpaired) electrons. The largest absolute Gasteiger partial charge is 0.480 e. The number of nitrogens with two attached hydrogens (primary N) is 1. The van der Waals surface area contributed by atoms with E-state index in [1.807, 2.05) is 24.3 Å². The van der Waals surface area contributed by atoms with Crippen molar-refractivity contribution in [1.29, 1.82) is 0 Å². The van der Waals surface area contributed by atoms with E-state index in [1.54, 1.807) is 10.6 Å². The SMILES string of the molecule is NC(C(=O)O)c1cn2c(nc3ccccc32)[nH]1. The lowest BCUT2D eigenvalue weighted by Crippen LogP contribution is -2.20. The van der Waals surface area contributed by atoms with Crippen LogP contribution in [0.2, 0.25) is 0 Å². The summed E-state index contributed by atoms with van der Waals surface area (Å²) in [7, 11) is 0. The average Bonchev–Trinajstić information content (AvgIpc) is 2.84. The summed E-state index contributed by atoms with van der Waals surface area (Å²) in [6.45, 7) is 0. The highest BCUT2D eigenvalue weighted by molar-refractivity contribution is 5.80. The Hall–Kier alpha value is -2.34. The molecule has 3 aromatic rings. The third kappa shape index (κ3) is 1.38. The third-order valence-corrected chi connectivity index (χ3v) is 2.72. The molecule has 17 heavy (non-hydrogen) atoms. The molecule has 1 aromatic carbocycles. The summed E-state index contributed by atoms with van der Waals surface area (Å²) in [5.74, 6) is -0.475. The van der Waals surface area contributed by atoms with E-state index >= 15 is 0 Å². The standard InChI is InChI=1S/C11H10N4O2/c12-9(10(16)17)7-5-15-8-4-2-1-3-6(8)13-11(15)14-7/h1-5,9H,12H2,(H,13,14)(H,16,17). The Morgan fingerprint density at radius 2 is 2.24 bits per heavy atom. The van der Waals surface area contributed by atoms with Crippen molar-refractivity contribution in [1.82, 2.24) is 14.4 Å². The predicted octanol–water partition coefficient (Wildman–Crippen LogP) is 0.900. The van der Waals surface area contributed by atoms with Gasteiger partial charge < -0.3 is 15.8 Å². The maximum atomic E-state index is 10.8. The number of carboxylic acid groups (broad SMARTS) is 1. The molecular formula is C11H10N4O2. The van der Waals surface area contributed by atoms with Crippen LogP contribution in [-0.2, 0) is 4.79 Å². The van der Waals surface area contributed by atoms with Crippen molar-refractivity contribution in [2.45, 2.75) is 6.04 Å². The summed E-state index contributed by atoms with van der Waals surface area (Å²) in [5, 5.41) is 8.84. The van der Waals surface area contributed by atoms with Crippen molar-refractivity contribution in [3.05, 3.63) is 36.2 Å². The lowest BCUT2D eigenvalue weighted by Gasteiger charge is -2.01. The minimum atomic E-state index is -1.07. The fourth-order valence-corrected chi connectivity index (χ4v) is 1.85. The molecule has 2 aromatic heterocycles. The molecule has 2 heterocycles. The van der Waals surface area contributed by atoms with Crippen LogP contribution in [-0.4, -0.2) is 25.4 Å². The van der Waals surface area contributed by atoms with Crippen LogP contribution in [0.15, 0.2) is 30.5 Å². The molecule has 0 spiro atoms. The van der Waals surface area contributed by atoms with E-state index in [4.69, 9.17) is 10.8 Å². The number of aromatic nitrogens is 3. The maximum Gasteiger partial charge on any atom is 0.326 e. The van der Waals surface area contributed by atoms with Crippen LogP contribution >= 0.6 is 0 Å². The number of rotatable bonds is 2. The van der Waals surface area contributed by atoms with Crippen LogP contribution in [0.4, 0.5) is 0 Å². The van der Waals surface area contributed by atoms with Gasteiger partial charge in [0.15, 0.2) is 0 Å². The van der Waals surface area contributed by atoms with E-state index in [0.717, 1.165) is 11.0 Å². The monoisotopic (exact) mass is 230 g/mol. The molecule has 0 aliphatic heterocycles. The second-order valence-corrected chi connectivity index (χ2v) is 3.82. The van der Waals surface area contributed by atoms with Crippen molar-refractivity contribution in [3.63, 3.8) is 0 Å². The van der Waals surface area contributed by atoms with Gasteiger partial charge in [-0.25, -0.2) is 4.98 Å². The van der Waals surface area contributed by atoms with Crippen LogP contribution in [0.3, 0.4) is 0 Å². The van der Waals surface area contributed by atoms with E-state index in [0.29, 0.717) is 11.5 Å². The third-order valence-electron chi connectivity index (χ3n) is 2.72. The fourth-order valence-electron chi connectivity index (χ4n) is 1.85. The van der Waals surface area contributed by atoms with Gasteiger partial charge >= 0.3 is 5.97 Å². The van der Waals surface area contributed by atoms with Gasteiger partial charge in [-0.05, 0) is 12.1 Å². The first-order valence-corrected chi connectivity index (χ1v) is 5.11. The molecular weight excluding hydrogens is 220 g/mol. The number of nitrogens with zero attached hydrogens (tertiary/aromatic N) is 2. The lowest BCUT2D eigenvalue weighted by atomic mass is 10.2. The van der Waals surface area contributed by atoms with E-state index in [1.165, 1.54) is 0 Å². The molecule has 0 bridgehead atoms. The summed E-state index contributed by atoms with van der Waals surface area (Å²) in [5.41, 5.74) is 7.74. The minimum absolute atomic E-state index is 0.436. The van der Waals surface area contributed by atoms with Crippen molar-refractivity contribution >= 4 is 22.8 Å². The maximum absolute atomic E-state index is 10.8. The summed E-state index contributed by atoms with van der Waals surface area (Å²) in [6, 6.07) is 6.56. The van der Waals surface area contributed by atoms with Crippen LogP contribution < -0.4 is 5.73 Å². The summed E-state index contributed by atoms with van der Waals surface area (Å²) < 4.78 is 1.80. The van der Waals surface area contributed by atoms with E-state index in [-0.39, 0.29) is 0 Å². The Bertz CT molecular complexity index is 712. The zero-order valence-corrected chi connectivity index (χ0v) is 8.79. The molecule has 3 rings (SSSR count). The zero-order valence-electron chi connectivity index (χ0n) is 8.79. The van der Waals surface area contributed by atoms with Gasteiger partial charge in [-0.3, -0.25) is 9.20 Å². The van der Waals surface area contributed by atoms with E-state index < -0.39 is 12.0 Å². The molecule has 4 N–H and O–H groups in total. The van der Waals surface area contributed by atoms with Crippen molar-refractivity contribution < 1.29 is 9.90 Å². The number of aliphatic carboxylic acids is 1. The average molecular weight is 230 g/mol. The number of fused-ring (bicyclic) bond motifs is 3. The van der Waals surface area contributed by atoms with Crippen molar-refractivity contribution in [3.8, 4) is 0 Å². The first-order valence-electron chi connectivity index (χ1n) is 5.11. The normalized spacial score (nSPS) is 13.2. The molecule has 0 saturated heterocycles. The van der Waals surface area contributed by atoms with Crippen LogP contribution in [0, 0.1) is 0 Å². The minimum Gasteiger partial charge on any atom is -0.480 e. The van der Waals surface area contributed by atoms with Gasteiger partial charge in [0.2, 0.25) is 5.78 Å². The number of carboxylic acids is 1. The van der Waals surface area contributed by atoms with Crippen LogP contribution in [0.25, 0.3) is 16.8 Å². The molecule has 0 fully saturated rings. The second-order valence-electron chi connectivity index (χ2n) is 3.82. The van der Waals surface area contributed by atoms with Crippen molar-refractivity contribution in [2.24, 2.45) is 5.73 Å². The number of H-pyrrole nitrogens is 1. The lowest BCUT2D eigenvalue weighted by molar-refractivity contribution is -0.138. The molecule has 86 valence electrons. The van der Waals surface area contributed by atoms with E-state index in [2.05, 4.69) is 9.97 Å². The highest BCUT2D eigenvalue weighted by Gasteiger charge is 2.18. The number of hydrogen-bond acceptors (Lipinski definition) is 3. The van der Waals surface area contributed by atoms with Gasteiger partial charge in [0, 0.05) is 6.20 Å². The molecule has 0 saturated carbocycles. The molecule has 0 aliphatic rings. The smallest absolute Gasteiger partial charge is 0.326 e. The first-order chi connectivity index (χ1) is 8.16. The van der Waals surface area contributed by atoms with Gasteiger partial charge in [-0.1, -0.05) is 12.1 Å². The van der Waals surface area contributed by atoms with Gasteiger partial charge in [0.05, 0.1) is 16.7 Å². The Kier molecular flexibility index (Phi) is 1.93. The molecule has 6 nitrogen and oxygen atoms in total. The second kappa shape index (κ2) is 3.33. The topological polar surface area (TPSA) is 96.4 Å². The molecule has 0 amide bonds. The Balaban J connectivity index is 2.23. The zero-order chi connectivity index (χ0) is 12.0. The van der Waals surface area contributed by atoms with Gasteiger partial charge in [-0.2, -0.15) is 0 Å². The molecule has 0 aliphatic carbocycles. The number of nitrogens with one attached hydrogen (secondary N) is 1. The van der Waals surface area contributed by atoms with E-state index in [9.17, 15) is 4.79 Å². The van der Waals surface area contributed by atoms with Gasteiger partial charge in [0.1, 0.15) is 6.04 Å².